The van der Waals surface area contributed by atoms with Crippen molar-refractivity contribution in [3.63, 3.8) is 0 Å². The number of aliphatic hydroxyl groups excluding tert-OH is 1. The summed E-state index contributed by atoms with van der Waals surface area (Å²) >= 11 is 0. The molecule has 1 fully saturated rings. The van der Waals surface area contributed by atoms with Crippen LogP contribution in [0.2, 0.25) is 0 Å². The first-order valence-corrected chi connectivity index (χ1v) is 9.77. The molecule has 152 valence electrons. The van der Waals surface area contributed by atoms with E-state index in [1.54, 1.807) is 12.4 Å². The van der Waals surface area contributed by atoms with E-state index in [1.807, 2.05) is 31.2 Å². The summed E-state index contributed by atoms with van der Waals surface area (Å²) in [6, 6.07) is 7.91. The maximum Gasteiger partial charge on any atom is 0.237 e. The van der Waals surface area contributed by atoms with Crippen LogP contribution < -0.4 is 15.4 Å². The molecule has 1 aliphatic heterocycles. The van der Waals surface area contributed by atoms with Crippen LogP contribution in [0.5, 0.6) is 5.88 Å². The van der Waals surface area contributed by atoms with Gasteiger partial charge >= 0.3 is 0 Å². The van der Waals surface area contributed by atoms with Gasteiger partial charge in [-0.1, -0.05) is 12.1 Å². The molecule has 3 heterocycles. The Morgan fingerprint density at radius 3 is 3.00 bits per heavy atom. The number of rotatable bonds is 8. The number of pyridine rings is 1. The number of benzene rings is 1. The summed E-state index contributed by atoms with van der Waals surface area (Å²) in [5, 5.41) is 17.5. The number of nitrogens with zero attached hydrogens (tertiary/aromatic N) is 3. The third kappa shape index (κ3) is 4.72. The summed E-state index contributed by atoms with van der Waals surface area (Å²) in [5.41, 5.74) is 1.69. The zero-order valence-corrected chi connectivity index (χ0v) is 16.4. The molecular weight excluding hydrogens is 370 g/mol. The summed E-state index contributed by atoms with van der Waals surface area (Å²) in [7, 11) is 0. The van der Waals surface area contributed by atoms with Crippen molar-refractivity contribution >= 4 is 28.1 Å². The van der Waals surface area contributed by atoms with E-state index >= 15 is 0 Å². The van der Waals surface area contributed by atoms with E-state index in [0.29, 0.717) is 36.6 Å². The van der Waals surface area contributed by atoms with Crippen molar-refractivity contribution in [2.24, 2.45) is 5.92 Å². The number of aromatic nitrogens is 3. The first-order valence-electron chi connectivity index (χ1n) is 9.77. The standard InChI is InChI=1S/C21H25N5O3/c1-14-21(29-13-15-5-8-28-12-15)26-20(11-23-14)25-19-9-16-3-2-4-18(22-6-7-27)17(16)10-24-19/h2-4,9-11,15,22,27H,5-8,12-13H2,1H3,(H,24,25,26). The molecule has 0 spiro atoms. The van der Waals surface area contributed by atoms with Gasteiger partial charge in [-0.25, -0.2) is 4.98 Å². The summed E-state index contributed by atoms with van der Waals surface area (Å²) in [5.74, 6) is 2.18. The van der Waals surface area contributed by atoms with Gasteiger partial charge in [-0.3, -0.25) is 4.98 Å². The highest BCUT2D eigenvalue weighted by Gasteiger charge is 2.17. The van der Waals surface area contributed by atoms with Crippen molar-refractivity contribution in [1.29, 1.82) is 0 Å². The molecular formula is C21H25N5O3. The SMILES string of the molecule is Cc1ncc(Nc2cc3cccc(NCCO)c3cn2)nc1OCC1CCOC1. The molecule has 1 saturated heterocycles. The highest BCUT2D eigenvalue weighted by molar-refractivity contribution is 5.94. The fourth-order valence-corrected chi connectivity index (χ4v) is 3.26. The predicted octanol–water partition coefficient (Wildman–Crippen LogP) is 2.90. The van der Waals surface area contributed by atoms with E-state index in [4.69, 9.17) is 14.6 Å². The minimum atomic E-state index is 0.0771. The van der Waals surface area contributed by atoms with Crippen LogP contribution in [0.1, 0.15) is 12.1 Å². The number of hydrogen-bond acceptors (Lipinski definition) is 8. The van der Waals surface area contributed by atoms with Crippen molar-refractivity contribution in [3.8, 4) is 5.88 Å². The number of fused-ring (bicyclic) bond motifs is 1. The van der Waals surface area contributed by atoms with E-state index in [0.717, 1.165) is 41.8 Å². The third-order valence-corrected chi connectivity index (χ3v) is 4.84. The van der Waals surface area contributed by atoms with Crippen molar-refractivity contribution in [3.05, 3.63) is 42.4 Å². The zero-order chi connectivity index (χ0) is 20.1. The lowest BCUT2D eigenvalue weighted by Gasteiger charge is -2.13. The molecule has 2 aromatic heterocycles. The van der Waals surface area contributed by atoms with Gasteiger partial charge < -0.3 is 25.2 Å². The Balaban J connectivity index is 1.49. The summed E-state index contributed by atoms with van der Waals surface area (Å²) in [4.78, 5) is 13.4. The maximum absolute atomic E-state index is 9.03. The van der Waals surface area contributed by atoms with Crippen LogP contribution in [0.25, 0.3) is 10.8 Å². The van der Waals surface area contributed by atoms with Crippen molar-refractivity contribution in [2.45, 2.75) is 13.3 Å². The minimum Gasteiger partial charge on any atom is -0.476 e. The van der Waals surface area contributed by atoms with E-state index in [2.05, 4.69) is 25.6 Å². The Labute approximate surface area is 169 Å². The van der Waals surface area contributed by atoms with Crippen LogP contribution in [0.4, 0.5) is 17.3 Å². The molecule has 3 aromatic rings. The normalized spacial score (nSPS) is 16.1. The largest absolute Gasteiger partial charge is 0.476 e. The first kappa shape index (κ1) is 19.4. The Morgan fingerprint density at radius 1 is 1.24 bits per heavy atom. The zero-order valence-electron chi connectivity index (χ0n) is 16.4. The quantitative estimate of drug-likeness (QED) is 0.535. The molecule has 0 amide bonds. The summed E-state index contributed by atoms with van der Waals surface area (Å²) in [6.45, 7) is 4.57. The fourth-order valence-electron chi connectivity index (χ4n) is 3.26. The van der Waals surface area contributed by atoms with E-state index in [9.17, 15) is 0 Å². The van der Waals surface area contributed by atoms with Gasteiger partial charge in [-0.05, 0) is 30.9 Å². The van der Waals surface area contributed by atoms with Crippen LogP contribution in [-0.2, 0) is 4.74 Å². The average molecular weight is 395 g/mol. The molecule has 1 aliphatic rings. The second kappa shape index (κ2) is 9.02. The third-order valence-electron chi connectivity index (χ3n) is 4.84. The Bertz CT molecular complexity index is 976. The van der Waals surface area contributed by atoms with Gasteiger partial charge in [0.2, 0.25) is 5.88 Å². The predicted molar refractivity (Wildman–Crippen MR) is 112 cm³/mol. The molecule has 29 heavy (non-hydrogen) atoms. The fraction of sp³-hybridized carbons (Fsp3) is 0.381. The molecule has 8 nitrogen and oxygen atoms in total. The van der Waals surface area contributed by atoms with Crippen LogP contribution >= 0.6 is 0 Å². The molecule has 3 N–H and O–H groups in total. The van der Waals surface area contributed by atoms with Gasteiger partial charge in [-0.2, -0.15) is 4.98 Å². The highest BCUT2D eigenvalue weighted by Crippen LogP contribution is 2.26. The molecule has 8 heteroatoms. The molecule has 1 aromatic carbocycles. The van der Waals surface area contributed by atoms with E-state index < -0.39 is 0 Å². The number of aryl methyl sites for hydroxylation is 1. The topological polar surface area (TPSA) is 101 Å². The monoisotopic (exact) mass is 395 g/mol. The van der Waals surface area contributed by atoms with Crippen molar-refractivity contribution < 1.29 is 14.6 Å². The number of anilines is 3. The molecule has 0 bridgehead atoms. The van der Waals surface area contributed by atoms with Gasteiger partial charge in [0, 0.05) is 36.3 Å². The second-order valence-corrected chi connectivity index (χ2v) is 7.06. The van der Waals surface area contributed by atoms with Gasteiger partial charge in [0.15, 0.2) is 5.82 Å². The average Bonchev–Trinajstić information content (AvgIpc) is 3.26. The number of ether oxygens (including phenoxy) is 2. The van der Waals surface area contributed by atoms with Crippen LogP contribution in [0.15, 0.2) is 36.7 Å². The van der Waals surface area contributed by atoms with E-state index in [-0.39, 0.29) is 6.61 Å². The lowest BCUT2D eigenvalue weighted by atomic mass is 10.1. The lowest BCUT2D eigenvalue weighted by molar-refractivity contribution is 0.165. The smallest absolute Gasteiger partial charge is 0.237 e. The number of nitrogens with one attached hydrogen (secondary N) is 2. The first-order chi connectivity index (χ1) is 14.2. The van der Waals surface area contributed by atoms with Crippen molar-refractivity contribution in [2.75, 3.05) is 43.6 Å². The van der Waals surface area contributed by atoms with Crippen LogP contribution in [-0.4, -0.2) is 53.0 Å². The van der Waals surface area contributed by atoms with Crippen LogP contribution in [0, 0.1) is 12.8 Å². The lowest BCUT2D eigenvalue weighted by Crippen LogP contribution is -2.13. The number of hydrogen-bond donors (Lipinski definition) is 3. The Morgan fingerprint density at radius 2 is 2.17 bits per heavy atom. The minimum absolute atomic E-state index is 0.0771. The molecule has 4 rings (SSSR count). The van der Waals surface area contributed by atoms with Gasteiger partial charge in [0.1, 0.15) is 5.82 Å². The second-order valence-electron chi connectivity index (χ2n) is 7.06. The van der Waals surface area contributed by atoms with Gasteiger partial charge in [0.25, 0.3) is 0 Å². The summed E-state index contributed by atoms with van der Waals surface area (Å²) < 4.78 is 11.3. The van der Waals surface area contributed by atoms with Crippen LogP contribution in [0.3, 0.4) is 0 Å². The molecule has 0 aliphatic carbocycles. The van der Waals surface area contributed by atoms with Gasteiger partial charge in [0.05, 0.1) is 31.7 Å². The molecule has 0 radical (unpaired) electrons. The Kier molecular flexibility index (Phi) is 6.02. The maximum atomic E-state index is 9.03. The van der Waals surface area contributed by atoms with Crippen molar-refractivity contribution in [1.82, 2.24) is 15.0 Å². The Hall–Kier alpha value is -2.97. The number of aliphatic hydroxyl groups is 1. The highest BCUT2D eigenvalue weighted by atomic mass is 16.5. The molecule has 1 unspecified atom stereocenters. The van der Waals surface area contributed by atoms with E-state index in [1.165, 1.54) is 0 Å². The molecule has 1 atom stereocenters. The van der Waals surface area contributed by atoms with Gasteiger partial charge in [-0.15, -0.1) is 0 Å². The molecule has 0 saturated carbocycles. The summed E-state index contributed by atoms with van der Waals surface area (Å²) in [6.07, 6.45) is 4.49.